The van der Waals surface area contributed by atoms with Gasteiger partial charge in [0.1, 0.15) is 0 Å². The molecule has 0 aliphatic carbocycles. The van der Waals surface area contributed by atoms with Gasteiger partial charge in [0.05, 0.1) is 15.5 Å². The molecule has 5 nitrogen and oxygen atoms in total. The first-order valence-corrected chi connectivity index (χ1v) is 10.5. The molecule has 1 atom stereocenters. The van der Waals surface area contributed by atoms with Gasteiger partial charge in [0, 0.05) is 11.8 Å². The quantitative estimate of drug-likeness (QED) is 0.549. The van der Waals surface area contributed by atoms with Crippen LogP contribution in [0, 0.1) is 20.8 Å². The number of Topliss-reactive ketones (excluding diaryl/α,β-unsaturated/α-hetero) is 1. The number of ether oxygens (including phenoxy) is 1. The third-order valence-corrected chi connectivity index (χ3v) is 5.78. The van der Waals surface area contributed by atoms with Crippen molar-refractivity contribution in [3.63, 3.8) is 0 Å². The van der Waals surface area contributed by atoms with Gasteiger partial charge in [-0.05, 0) is 68.7 Å². The fourth-order valence-corrected chi connectivity index (χ4v) is 3.46. The van der Waals surface area contributed by atoms with Gasteiger partial charge in [-0.2, -0.15) is 0 Å². The Bertz CT molecular complexity index is 1020. The Morgan fingerprint density at radius 2 is 1.56 bits per heavy atom. The van der Waals surface area contributed by atoms with E-state index in [-0.39, 0.29) is 21.3 Å². The summed E-state index contributed by atoms with van der Waals surface area (Å²) in [7, 11) is -3.51. The number of ketones is 1. The van der Waals surface area contributed by atoms with Gasteiger partial charge in [-0.3, -0.25) is 4.79 Å². The zero-order valence-electron chi connectivity index (χ0n) is 15.8. The highest BCUT2D eigenvalue weighted by Crippen LogP contribution is 2.23. The molecular formula is C20H21ClO5S. The number of sulfone groups is 1. The van der Waals surface area contributed by atoms with Gasteiger partial charge < -0.3 is 4.74 Å². The second-order valence-corrected chi connectivity index (χ2v) is 9.00. The molecule has 0 unspecified atom stereocenters. The molecule has 2 rings (SSSR count). The van der Waals surface area contributed by atoms with Crippen molar-refractivity contribution in [2.75, 3.05) is 6.26 Å². The van der Waals surface area contributed by atoms with E-state index in [0.29, 0.717) is 5.56 Å². The van der Waals surface area contributed by atoms with E-state index in [4.69, 9.17) is 16.3 Å². The topological polar surface area (TPSA) is 77.5 Å². The van der Waals surface area contributed by atoms with E-state index < -0.39 is 21.9 Å². The van der Waals surface area contributed by atoms with Crippen LogP contribution in [-0.4, -0.2) is 32.5 Å². The Morgan fingerprint density at radius 1 is 0.963 bits per heavy atom. The number of halogens is 1. The molecule has 0 N–H and O–H groups in total. The largest absolute Gasteiger partial charge is 0.451 e. The first-order chi connectivity index (χ1) is 12.4. The van der Waals surface area contributed by atoms with Crippen molar-refractivity contribution in [3.05, 3.63) is 63.2 Å². The highest BCUT2D eigenvalue weighted by molar-refractivity contribution is 7.90. The summed E-state index contributed by atoms with van der Waals surface area (Å²) >= 11 is 6.00. The molecule has 0 aromatic heterocycles. The van der Waals surface area contributed by atoms with Crippen molar-refractivity contribution in [2.45, 2.75) is 38.7 Å². The monoisotopic (exact) mass is 408 g/mol. The van der Waals surface area contributed by atoms with Gasteiger partial charge in [-0.15, -0.1) is 0 Å². The SMILES string of the molecule is Cc1cc(C)c(C(=O)[C@H](C)OC(=O)c2cc(S(C)(=O)=O)ccc2Cl)cc1C. The third-order valence-electron chi connectivity index (χ3n) is 4.35. The first-order valence-electron chi connectivity index (χ1n) is 8.24. The van der Waals surface area contributed by atoms with Crippen molar-refractivity contribution in [2.24, 2.45) is 0 Å². The second kappa shape index (κ2) is 7.82. The van der Waals surface area contributed by atoms with E-state index >= 15 is 0 Å². The number of benzene rings is 2. The van der Waals surface area contributed by atoms with Crippen molar-refractivity contribution < 1.29 is 22.7 Å². The number of hydrogen-bond acceptors (Lipinski definition) is 5. The lowest BCUT2D eigenvalue weighted by molar-refractivity contribution is 0.0318. The van der Waals surface area contributed by atoms with Crippen LogP contribution in [0.5, 0.6) is 0 Å². The van der Waals surface area contributed by atoms with E-state index in [9.17, 15) is 18.0 Å². The number of esters is 1. The van der Waals surface area contributed by atoms with Crippen LogP contribution in [0.3, 0.4) is 0 Å². The molecule has 27 heavy (non-hydrogen) atoms. The molecule has 0 spiro atoms. The Morgan fingerprint density at radius 3 is 2.15 bits per heavy atom. The lowest BCUT2D eigenvalue weighted by Crippen LogP contribution is -2.25. The average molecular weight is 409 g/mol. The molecular weight excluding hydrogens is 388 g/mol. The van der Waals surface area contributed by atoms with Crippen molar-refractivity contribution in [1.29, 1.82) is 0 Å². The van der Waals surface area contributed by atoms with Gasteiger partial charge >= 0.3 is 5.97 Å². The maximum atomic E-state index is 12.7. The summed E-state index contributed by atoms with van der Waals surface area (Å²) in [4.78, 5) is 25.1. The van der Waals surface area contributed by atoms with Crippen LogP contribution in [-0.2, 0) is 14.6 Å². The number of rotatable bonds is 5. The summed E-state index contributed by atoms with van der Waals surface area (Å²) in [5, 5.41) is 0.0504. The fourth-order valence-electron chi connectivity index (χ4n) is 2.61. The molecule has 0 aliphatic heterocycles. The van der Waals surface area contributed by atoms with Crippen LogP contribution in [0.4, 0.5) is 0 Å². The summed E-state index contributed by atoms with van der Waals surface area (Å²) in [5.74, 6) is -1.19. The Balaban J connectivity index is 2.28. The number of hydrogen-bond donors (Lipinski definition) is 0. The molecule has 0 aliphatic rings. The van der Waals surface area contributed by atoms with Crippen molar-refractivity contribution in [3.8, 4) is 0 Å². The Hall–Kier alpha value is -2.18. The van der Waals surface area contributed by atoms with Crippen LogP contribution >= 0.6 is 11.6 Å². The highest BCUT2D eigenvalue weighted by atomic mass is 35.5. The average Bonchev–Trinajstić information content (AvgIpc) is 2.56. The summed E-state index contributed by atoms with van der Waals surface area (Å²) < 4.78 is 28.6. The van der Waals surface area contributed by atoms with E-state index in [0.717, 1.165) is 29.0 Å². The summed E-state index contributed by atoms with van der Waals surface area (Å²) in [6.07, 6.45) is -0.0173. The van der Waals surface area contributed by atoms with Crippen LogP contribution < -0.4 is 0 Å². The minimum atomic E-state index is -3.51. The van der Waals surface area contributed by atoms with Crippen LogP contribution in [0.25, 0.3) is 0 Å². The molecule has 0 heterocycles. The summed E-state index contributed by atoms with van der Waals surface area (Å²) in [6, 6.07) is 7.45. The predicted molar refractivity (Wildman–Crippen MR) is 104 cm³/mol. The van der Waals surface area contributed by atoms with E-state index in [1.54, 1.807) is 6.07 Å². The Kier molecular flexibility index (Phi) is 6.12. The fraction of sp³-hybridized carbons (Fsp3) is 0.300. The van der Waals surface area contributed by atoms with E-state index in [1.165, 1.54) is 19.1 Å². The number of carbonyl (C=O) groups is 2. The van der Waals surface area contributed by atoms with E-state index in [2.05, 4.69) is 0 Å². The van der Waals surface area contributed by atoms with E-state index in [1.807, 2.05) is 26.8 Å². The van der Waals surface area contributed by atoms with Crippen LogP contribution in [0.2, 0.25) is 5.02 Å². The maximum Gasteiger partial charge on any atom is 0.340 e. The Labute approximate surface area is 164 Å². The third kappa shape index (κ3) is 4.76. The minimum Gasteiger partial charge on any atom is -0.451 e. The number of carbonyl (C=O) groups excluding carboxylic acids is 2. The molecule has 2 aromatic rings. The molecule has 0 radical (unpaired) electrons. The molecule has 2 aromatic carbocycles. The predicted octanol–water partition coefficient (Wildman–Crippen LogP) is 4.10. The zero-order valence-corrected chi connectivity index (χ0v) is 17.4. The highest BCUT2D eigenvalue weighted by Gasteiger charge is 2.24. The van der Waals surface area contributed by atoms with Gasteiger partial charge in [0.2, 0.25) is 5.78 Å². The van der Waals surface area contributed by atoms with Gasteiger partial charge in [0.25, 0.3) is 0 Å². The molecule has 7 heteroatoms. The van der Waals surface area contributed by atoms with Crippen molar-refractivity contribution in [1.82, 2.24) is 0 Å². The molecule has 0 amide bonds. The molecule has 144 valence electrons. The lowest BCUT2D eigenvalue weighted by atomic mass is 9.96. The second-order valence-electron chi connectivity index (χ2n) is 6.58. The van der Waals surface area contributed by atoms with Crippen LogP contribution in [0.15, 0.2) is 35.2 Å². The minimum absolute atomic E-state index is 0.0504. The number of aryl methyl sites for hydroxylation is 3. The van der Waals surface area contributed by atoms with Crippen molar-refractivity contribution >= 4 is 33.2 Å². The summed E-state index contributed by atoms with van der Waals surface area (Å²) in [6.45, 7) is 7.15. The van der Waals surface area contributed by atoms with Gasteiger partial charge in [-0.1, -0.05) is 17.7 Å². The molecule has 0 bridgehead atoms. The zero-order chi connectivity index (χ0) is 20.5. The van der Waals surface area contributed by atoms with Gasteiger partial charge in [-0.25, -0.2) is 13.2 Å². The molecule has 0 saturated carbocycles. The maximum absolute atomic E-state index is 12.7. The normalized spacial score (nSPS) is 12.5. The first kappa shape index (κ1) is 21.1. The summed E-state index contributed by atoms with van der Waals surface area (Å²) in [5.41, 5.74) is 3.21. The standard InChI is InChI=1S/C20H21ClO5S/c1-11-8-13(3)16(9-12(11)2)19(22)14(4)26-20(23)17-10-15(27(5,24)25)6-7-18(17)21/h6-10,14H,1-5H3/t14-/m0/s1. The van der Waals surface area contributed by atoms with Gasteiger partial charge in [0.15, 0.2) is 15.9 Å². The lowest BCUT2D eigenvalue weighted by Gasteiger charge is -2.16. The van der Waals surface area contributed by atoms with Crippen LogP contribution in [0.1, 0.15) is 44.3 Å². The molecule has 0 fully saturated rings. The molecule has 0 saturated heterocycles. The smallest absolute Gasteiger partial charge is 0.340 e.